The zero-order valence-corrected chi connectivity index (χ0v) is 11.7. The fourth-order valence-electron chi connectivity index (χ4n) is 3.09. The van der Waals surface area contributed by atoms with E-state index in [1.807, 2.05) is 0 Å². The predicted molar refractivity (Wildman–Crippen MR) is 78.9 cm³/mol. The van der Waals surface area contributed by atoms with Gasteiger partial charge in [0.1, 0.15) is 0 Å². The third-order valence-corrected chi connectivity index (χ3v) is 3.99. The molecule has 0 amide bonds. The molecule has 2 nitrogen and oxygen atoms in total. The van der Waals surface area contributed by atoms with Gasteiger partial charge in [-0.2, -0.15) is 0 Å². The molecule has 2 rings (SSSR count). The van der Waals surface area contributed by atoms with Crippen LogP contribution in [0.5, 0.6) is 0 Å². The molecule has 0 spiro atoms. The summed E-state index contributed by atoms with van der Waals surface area (Å²) in [6.45, 7) is 5.55. The average molecular weight is 246 g/mol. The highest BCUT2D eigenvalue weighted by molar-refractivity contribution is 5.56. The minimum absolute atomic E-state index is 0.116. The third-order valence-electron chi connectivity index (χ3n) is 3.99. The van der Waals surface area contributed by atoms with E-state index in [0.717, 1.165) is 0 Å². The maximum Gasteiger partial charge on any atom is 0.0417 e. The first-order valence-electron chi connectivity index (χ1n) is 7.35. The van der Waals surface area contributed by atoms with Gasteiger partial charge in [-0.15, -0.1) is 0 Å². The molecule has 0 radical (unpaired) electrons. The van der Waals surface area contributed by atoms with Crippen molar-refractivity contribution in [2.24, 2.45) is 5.73 Å². The number of nitrogens with two attached hydrogens (primary N) is 1. The van der Waals surface area contributed by atoms with Gasteiger partial charge in [-0.3, -0.25) is 0 Å². The molecular weight excluding hydrogens is 220 g/mol. The van der Waals surface area contributed by atoms with Crippen molar-refractivity contribution >= 4 is 5.69 Å². The summed E-state index contributed by atoms with van der Waals surface area (Å²) in [5, 5.41) is 0. The molecule has 0 aliphatic carbocycles. The summed E-state index contributed by atoms with van der Waals surface area (Å²) in [5.41, 5.74) is 8.77. The Hall–Kier alpha value is -1.02. The SMILES string of the molecule is CCCC1CCCCN1c1ccccc1C(C)N. The summed E-state index contributed by atoms with van der Waals surface area (Å²) in [6.07, 6.45) is 6.59. The lowest BCUT2D eigenvalue weighted by molar-refractivity contribution is 0.433. The van der Waals surface area contributed by atoms with E-state index in [-0.39, 0.29) is 6.04 Å². The van der Waals surface area contributed by atoms with E-state index in [0.29, 0.717) is 6.04 Å². The fourth-order valence-corrected chi connectivity index (χ4v) is 3.09. The maximum absolute atomic E-state index is 6.11. The van der Waals surface area contributed by atoms with Crippen LogP contribution in [-0.4, -0.2) is 12.6 Å². The van der Waals surface area contributed by atoms with Crippen molar-refractivity contribution in [2.75, 3.05) is 11.4 Å². The first-order chi connectivity index (χ1) is 8.74. The molecule has 1 fully saturated rings. The molecule has 18 heavy (non-hydrogen) atoms. The van der Waals surface area contributed by atoms with E-state index in [2.05, 4.69) is 43.0 Å². The van der Waals surface area contributed by atoms with Crippen LogP contribution in [0.1, 0.15) is 57.6 Å². The lowest BCUT2D eigenvalue weighted by Gasteiger charge is -2.39. The number of hydrogen-bond acceptors (Lipinski definition) is 2. The van der Waals surface area contributed by atoms with Crippen LogP contribution in [0.25, 0.3) is 0 Å². The van der Waals surface area contributed by atoms with Crippen molar-refractivity contribution in [1.29, 1.82) is 0 Å². The summed E-state index contributed by atoms with van der Waals surface area (Å²) in [7, 11) is 0. The number of nitrogens with zero attached hydrogens (tertiary/aromatic N) is 1. The fraction of sp³-hybridized carbons (Fsp3) is 0.625. The van der Waals surface area contributed by atoms with E-state index in [4.69, 9.17) is 5.73 Å². The Labute approximate surface area is 111 Å². The minimum Gasteiger partial charge on any atom is -0.368 e. The van der Waals surface area contributed by atoms with Crippen LogP contribution < -0.4 is 10.6 Å². The van der Waals surface area contributed by atoms with Crippen molar-refractivity contribution in [3.63, 3.8) is 0 Å². The number of hydrogen-bond donors (Lipinski definition) is 1. The van der Waals surface area contributed by atoms with E-state index in [1.165, 1.54) is 49.9 Å². The molecule has 0 bridgehead atoms. The predicted octanol–water partition coefficient (Wildman–Crippen LogP) is 3.87. The molecule has 1 aromatic carbocycles. The normalized spacial score (nSPS) is 21.9. The average Bonchev–Trinajstić information content (AvgIpc) is 2.40. The number of para-hydroxylation sites is 1. The van der Waals surface area contributed by atoms with Crippen molar-refractivity contribution in [1.82, 2.24) is 0 Å². The molecule has 2 heteroatoms. The van der Waals surface area contributed by atoms with E-state index in [9.17, 15) is 0 Å². The second kappa shape index (κ2) is 6.24. The topological polar surface area (TPSA) is 29.3 Å². The Balaban J connectivity index is 2.27. The quantitative estimate of drug-likeness (QED) is 0.874. The van der Waals surface area contributed by atoms with E-state index < -0.39 is 0 Å². The lowest BCUT2D eigenvalue weighted by atomic mass is 9.95. The Kier molecular flexibility index (Phi) is 4.65. The van der Waals surface area contributed by atoms with Gasteiger partial charge in [0.15, 0.2) is 0 Å². The Morgan fingerprint density at radius 2 is 2.11 bits per heavy atom. The molecular formula is C16H26N2. The zero-order chi connectivity index (χ0) is 13.0. The van der Waals surface area contributed by atoms with Crippen LogP contribution in [0.4, 0.5) is 5.69 Å². The van der Waals surface area contributed by atoms with Crippen molar-refractivity contribution < 1.29 is 0 Å². The molecule has 2 unspecified atom stereocenters. The van der Waals surface area contributed by atoms with Gasteiger partial charge >= 0.3 is 0 Å². The highest BCUT2D eigenvalue weighted by Crippen LogP contribution is 2.32. The highest BCUT2D eigenvalue weighted by Gasteiger charge is 2.23. The van der Waals surface area contributed by atoms with Gasteiger partial charge in [-0.05, 0) is 44.2 Å². The molecule has 1 saturated heterocycles. The Morgan fingerprint density at radius 1 is 1.33 bits per heavy atom. The summed E-state index contributed by atoms with van der Waals surface area (Å²) in [6, 6.07) is 9.48. The monoisotopic (exact) mass is 246 g/mol. The largest absolute Gasteiger partial charge is 0.368 e. The summed E-state index contributed by atoms with van der Waals surface area (Å²) >= 11 is 0. The first-order valence-corrected chi connectivity index (χ1v) is 7.35. The summed E-state index contributed by atoms with van der Waals surface area (Å²) in [5.74, 6) is 0. The maximum atomic E-state index is 6.11. The Bertz CT molecular complexity index is 371. The number of rotatable bonds is 4. The third kappa shape index (κ3) is 2.86. The second-order valence-electron chi connectivity index (χ2n) is 5.48. The van der Waals surface area contributed by atoms with Crippen LogP contribution in [-0.2, 0) is 0 Å². The van der Waals surface area contributed by atoms with Crippen LogP contribution >= 0.6 is 0 Å². The summed E-state index contributed by atoms with van der Waals surface area (Å²) in [4.78, 5) is 2.60. The molecule has 100 valence electrons. The molecule has 2 atom stereocenters. The highest BCUT2D eigenvalue weighted by atomic mass is 15.2. The standard InChI is InChI=1S/C16H26N2/c1-3-8-14-9-6-7-12-18(14)16-11-5-4-10-15(16)13(2)17/h4-5,10-11,13-14H,3,6-9,12,17H2,1-2H3. The molecule has 1 heterocycles. The van der Waals surface area contributed by atoms with Crippen molar-refractivity contribution in [3.05, 3.63) is 29.8 Å². The minimum atomic E-state index is 0.116. The first kappa shape index (κ1) is 13.4. The number of benzene rings is 1. The van der Waals surface area contributed by atoms with Crippen LogP contribution in [0.2, 0.25) is 0 Å². The number of piperidine rings is 1. The van der Waals surface area contributed by atoms with E-state index in [1.54, 1.807) is 0 Å². The van der Waals surface area contributed by atoms with Crippen LogP contribution in [0, 0.1) is 0 Å². The zero-order valence-electron chi connectivity index (χ0n) is 11.7. The van der Waals surface area contributed by atoms with Gasteiger partial charge in [0, 0.05) is 24.3 Å². The lowest BCUT2D eigenvalue weighted by Crippen LogP contribution is -2.40. The van der Waals surface area contributed by atoms with E-state index >= 15 is 0 Å². The summed E-state index contributed by atoms with van der Waals surface area (Å²) < 4.78 is 0. The Morgan fingerprint density at radius 3 is 2.83 bits per heavy atom. The number of anilines is 1. The second-order valence-corrected chi connectivity index (χ2v) is 5.48. The molecule has 0 aromatic heterocycles. The van der Waals surface area contributed by atoms with Gasteiger partial charge in [-0.1, -0.05) is 31.5 Å². The van der Waals surface area contributed by atoms with Gasteiger partial charge in [0.2, 0.25) is 0 Å². The molecule has 1 aliphatic heterocycles. The van der Waals surface area contributed by atoms with Crippen LogP contribution in [0.3, 0.4) is 0 Å². The van der Waals surface area contributed by atoms with Gasteiger partial charge in [-0.25, -0.2) is 0 Å². The smallest absolute Gasteiger partial charge is 0.0417 e. The molecule has 0 saturated carbocycles. The van der Waals surface area contributed by atoms with Gasteiger partial charge in [0.25, 0.3) is 0 Å². The van der Waals surface area contributed by atoms with Crippen molar-refractivity contribution in [2.45, 2.75) is 58.0 Å². The molecule has 1 aliphatic rings. The molecule has 2 N–H and O–H groups in total. The van der Waals surface area contributed by atoms with Gasteiger partial charge < -0.3 is 10.6 Å². The van der Waals surface area contributed by atoms with Crippen molar-refractivity contribution in [3.8, 4) is 0 Å². The van der Waals surface area contributed by atoms with Gasteiger partial charge in [0.05, 0.1) is 0 Å². The van der Waals surface area contributed by atoms with Crippen LogP contribution in [0.15, 0.2) is 24.3 Å². The molecule has 1 aromatic rings.